The van der Waals surface area contributed by atoms with Crippen molar-refractivity contribution in [3.8, 4) is 0 Å². The Morgan fingerprint density at radius 3 is 2.83 bits per heavy atom. The molecule has 0 spiro atoms. The molecule has 3 rings (SSSR count). The number of anilines is 1. The highest BCUT2D eigenvalue weighted by Gasteiger charge is 2.22. The standard InChI is InChI=1S/C14H12ClNOS/c15-14-6-5-10(18-14)9-16-8-7-13(17)11-3-1-2-4-12(11)16/h1-6H,7-9H2. The monoisotopic (exact) mass is 277 g/mol. The summed E-state index contributed by atoms with van der Waals surface area (Å²) in [7, 11) is 0. The average Bonchev–Trinajstić information content (AvgIpc) is 2.79. The van der Waals surface area contributed by atoms with Crippen LogP contribution in [0.5, 0.6) is 0 Å². The van der Waals surface area contributed by atoms with Gasteiger partial charge >= 0.3 is 0 Å². The van der Waals surface area contributed by atoms with Crippen LogP contribution in [0.1, 0.15) is 21.7 Å². The number of ketones is 1. The van der Waals surface area contributed by atoms with Gasteiger partial charge in [0.15, 0.2) is 5.78 Å². The van der Waals surface area contributed by atoms with E-state index in [1.165, 1.54) is 4.88 Å². The smallest absolute Gasteiger partial charge is 0.166 e. The number of Topliss-reactive ketones (excluding diaryl/α,β-unsaturated/α-hetero) is 1. The fraction of sp³-hybridized carbons (Fsp3) is 0.214. The molecule has 2 nitrogen and oxygen atoms in total. The second-order valence-electron chi connectivity index (χ2n) is 4.32. The van der Waals surface area contributed by atoms with Crippen LogP contribution in [0, 0.1) is 0 Å². The fourth-order valence-corrected chi connectivity index (χ4v) is 3.37. The van der Waals surface area contributed by atoms with Gasteiger partial charge in [0.25, 0.3) is 0 Å². The predicted octanol–water partition coefficient (Wildman–Crippen LogP) is 3.99. The summed E-state index contributed by atoms with van der Waals surface area (Å²) in [6.45, 7) is 1.60. The number of nitrogens with zero attached hydrogens (tertiary/aromatic N) is 1. The molecule has 0 saturated carbocycles. The quantitative estimate of drug-likeness (QED) is 0.827. The first-order valence-corrected chi connectivity index (χ1v) is 7.05. The number of thiophene rings is 1. The first kappa shape index (κ1) is 11.8. The summed E-state index contributed by atoms with van der Waals surface area (Å²) in [4.78, 5) is 15.3. The van der Waals surface area contributed by atoms with Crippen molar-refractivity contribution in [3.05, 3.63) is 51.2 Å². The summed E-state index contributed by atoms with van der Waals surface area (Å²) < 4.78 is 0.811. The van der Waals surface area contributed by atoms with E-state index in [-0.39, 0.29) is 5.78 Å². The van der Waals surface area contributed by atoms with Crippen molar-refractivity contribution in [2.24, 2.45) is 0 Å². The van der Waals surface area contributed by atoms with Crippen LogP contribution in [0.25, 0.3) is 0 Å². The number of carbonyl (C=O) groups excluding carboxylic acids is 1. The largest absolute Gasteiger partial charge is 0.365 e. The Morgan fingerprint density at radius 1 is 1.22 bits per heavy atom. The first-order valence-electron chi connectivity index (χ1n) is 5.85. The van der Waals surface area contributed by atoms with Crippen molar-refractivity contribution in [1.29, 1.82) is 0 Å². The molecule has 0 saturated heterocycles. The van der Waals surface area contributed by atoms with E-state index in [1.54, 1.807) is 11.3 Å². The molecule has 0 unspecified atom stereocenters. The van der Waals surface area contributed by atoms with E-state index in [2.05, 4.69) is 4.90 Å². The van der Waals surface area contributed by atoms with Crippen molar-refractivity contribution in [3.63, 3.8) is 0 Å². The van der Waals surface area contributed by atoms with Gasteiger partial charge in [-0.1, -0.05) is 23.7 Å². The number of rotatable bonds is 2. The second-order valence-corrected chi connectivity index (χ2v) is 6.12. The molecule has 0 atom stereocenters. The van der Waals surface area contributed by atoms with Crippen molar-refractivity contribution in [1.82, 2.24) is 0 Å². The van der Waals surface area contributed by atoms with Crippen LogP contribution in [0.3, 0.4) is 0 Å². The van der Waals surface area contributed by atoms with Crippen LogP contribution < -0.4 is 4.90 Å². The minimum Gasteiger partial charge on any atom is -0.365 e. The topological polar surface area (TPSA) is 20.3 Å². The lowest BCUT2D eigenvalue weighted by Gasteiger charge is -2.30. The van der Waals surface area contributed by atoms with E-state index in [4.69, 9.17) is 11.6 Å². The first-order chi connectivity index (χ1) is 8.74. The van der Waals surface area contributed by atoms with Crippen LogP contribution in [0.15, 0.2) is 36.4 Å². The van der Waals surface area contributed by atoms with Gasteiger partial charge in [0.05, 0.1) is 10.9 Å². The molecule has 92 valence electrons. The van der Waals surface area contributed by atoms with E-state index in [9.17, 15) is 4.79 Å². The number of fused-ring (bicyclic) bond motifs is 1. The third kappa shape index (κ3) is 2.16. The summed E-state index contributed by atoms with van der Waals surface area (Å²) in [5.41, 5.74) is 1.88. The average molecular weight is 278 g/mol. The Balaban J connectivity index is 1.90. The molecule has 0 N–H and O–H groups in total. The van der Waals surface area contributed by atoms with Crippen LogP contribution in [-0.4, -0.2) is 12.3 Å². The molecule has 4 heteroatoms. The van der Waals surface area contributed by atoms with Crippen molar-refractivity contribution < 1.29 is 4.79 Å². The van der Waals surface area contributed by atoms with Crippen LogP contribution >= 0.6 is 22.9 Å². The van der Waals surface area contributed by atoms with E-state index in [1.807, 2.05) is 36.4 Å². The molecule has 1 aliphatic rings. The number of hydrogen-bond acceptors (Lipinski definition) is 3. The third-order valence-electron chi connectivity index (χ3n) is 3.13. The molecular formula is C14H12ClNOS. The van der Waals surface area contributed by atoms with Crippen molar-refractivity contribution in [2.75, 3.05) is 11.4 Å². The molecular weight excluding hydrogens is 266 g/mol. The summed E-state index contributed by atoms with van der Waals surface area (Å²) in [5.74, 6) is 0.242. The van der Waals surface area contributed by atoms with Gasteiger partial charge in [-0.05, 0) is 24.3 Å². The summed E-state index contributed by atoms with van der Waals surface area (Å²) in [5, 5.41) is 0. The van der Waals surface area contributed by atoms with Crippen LogP contribution in [0.4, 0.5) is 5.69 Å². The fourth-order valence-electron chi connectivity index (χ4n) is 2.27. The van der Waals surface area contributed by atoms with E-state index in [0.29, 0.717) is 6.42 Å². The van der Waals surface area contributed by atoms with Crippen LogP contribution in [-0.2, 0) is 6.54 Å². The maximum Gasteiger partial charge on any atom is 0.166 e. The molecule has 0 fully saturated rings. The molecule has 1 aliphatic heterocycles. The Morgan fingerprint density at radius 2 is 2.06 bits per heavy atom. The molecule has 0 radical (unpaired) electrons. The molecule has 1 aromatic heterocycles. The van der Waals surface area contributed by atoms with Gasteiger partial charge in [0, 0.05) is 29.1 Å². The molecule has 18 heavy (non-hydrogen) atoms. The van der Waals surface area contributed by atoms with E-state index < -0.39 is 0 Å². The lowest BCUT2D eigenvalue weighted by molar-refractivity contribution is 0.0979. The van der Waals surface area contributed by atoms with Gasteiger partial charge in [-0.15, -0.1) is 11.3 Å². The van der Waals surface area contributed by atoms with Gasteiger partial charge in [-0.2, -0.15) is 0 Å². The molecule has 2 heterocycles. The Labute approximate surface area is 115 Å². The van der Waals surface area contributed by atoms with Crippen molar-refractivity contribution >= 4 is 34.4 Å². The third-order valence-corrected chi connectivity index (χ3v) is 4.35. The maximum atomic E-state index is 11.8. The summed E-state index contributed by atoms with van der Waals surface area (Å²) in [6, 6.07) is 11.8. The molecule has 0 amide bonds. The van der Waals surface area contributed by atoms with E-state index in [0.717, 1.165) is 28.7 Å². The molecule has 0 aliphatic carbocycles. The molecule has 1 aromatic carbocycles. The van der Waals surface area contributed by atoms with Gasteiger partial charge in [-0.25, -0.2) is 0 Å². The Bertz CT molecular complexity index is 593. The predicted molar refractivity (Wildman–Crippen MR) is 75.8 cm³/mol. The highest BCUT2D eigenvalue weighted by Crippen LogP contribution is 2.30. The molecule has 0 bridgehead atoms. The number of halogens is 1. The minimum absolute atomic E-state index is 0.242. The lowest BCUT2D eigenvalue weighted by atomic mass is 10.0. The molecule has 2 aromatic rings. The maximum absolute atomic E-state index is 11.8. The SMILES string of the molecule is O=C1CCN(Cc2ccc(Cl)s2)c2ccccc21. The van der Waals surface area contributed by atoms with Crippen molar-refractivity contribution in [2.45, 2.75) is 13.0 Å². The zero-order valence-corrected chi connectivity index (χ0v) is 11.3. The highest BCUT2D eigenvalue weighted by molar-refractivity contribution is 7.16. The van der Waals surface area contributed by atoms with Crippen LogP contribution in [0.2, 0.25) is 4.34 Å². The Kier molecular flexibility index (Phi) is 3.10. The zero-order chi connectivity index (χ0) is 12.5. The number of carbonyl (C=O) groups is 1. The van der Waals surface area contributed by atoms with Gasteiger partial charge in [0.1, 0.15) is 0 Å². The normalized spacial score (nSPS) is 14.7. The van der Waals surface area contributed by atoms with E-state index >= 15 is 0 Å². The number of hydrogen-bond donors (Lipinski definition) is 0. The zero-order valence-electron chi connectivity index (χ0n) is 9.73. The van der Waals surface area contributed by atoms with Gasteiger partial charge < -0.3 is 4.90 Å². The lowest BCUT2D eigenvalue weighted by Crippen LogP contribution is -2.31. The second kappa shape index (κ2) is 4.75. The highest BCUT2D eigenvalue weighted by atomic mass is 35.5. The Hall–Kier alpha value is -1.32. The summed E-state index contributed by atoms with van der Waals surface area (Å²) >= 11 is 7.54. The number of benzene rings is 1. The van der Waals surface area contributed by atoms with Gasteiger partial charge in [0.2, 0.25) is 0 Å². The summed E-state index contributed by atoms with van der Waals surface area (Å²) in [6.07, 6.45) is 0.593. The number of para-hydroxylation sites is 1. The minimum atomic E-state index is 0.242. The van der Waals surface area contributed by atoms with Gasteiger partial charge in [-0.3, -0.25) is 4.79 Å².